The standard InChI is InChI=1S/C9H8N2O5S/c1-2-16-9-7-5-6(11(12)13)3-4-8(7)17(14,15)10-9/h3-5H,2H2,1H3. The third-order valence-corrected chi connectivity index (χ3v) is 3.48. The van der Waals surface area contributed by atoms with Crippen molar-refractivity contribution in [2.45, 2.75) is 11.8 Å². The molecule has 1 aromatic carbocycles. The summed E-state index contributed by atoms with van der Waals surface area (Å²) in [5.74, 6) is -0.0915. The molecule has 1 aromatic rings. The molecular formula is C9H8N2O5S. The van der Waals surface area contributed by atoms with Crippen molar-refractivity contribution in [3.05, 3.63) is 33.9 Å². The molecule has 0 atom stereocenters. The molecule has 17 heavy (non-hydrogen) atoms. The Morgan fingerprint density at radius 3 is 2.76 bits per heavy atom. The first kappa shape index (κ1) is 11.5. The van der Waals surface area contributed by atoms with Crippen molar-refractivity contribution in [2.24, 2.45) is 4.40 Å². The van der Waals surface area contributed by atoms with Crippen LogP contribution in [0.15, 0.2) is 27.5 Å². The zero-order valence-corrected chi connectivity index (χ0v) is 9.60. The second kappa shape index (κ2) is 3.81. The van der Waals surface area contributed by atoms with Crippen LogP contribution >= 0.6 is 0 Å². The molecule has 0 aliphatic carbocycles. The summed E-state index contributed by atoms with van der Waals surface area (Å²) in [7, 11) is -3.78. The first-order valence-electron chi connectivity index (χ1n) is 4.72. The van der Waals surface area contributed by atoms with E-state index in [1.165, 1.54) is 6.07 Å². The average Bonchev–Trinajstić information content (AvgIpc) is 2.51. The van der Waals surface area contributed by atoms with Crippen molar-refractivity contribution in [3.63, 3.8) is 0 Å². The highest BCUT2D eigenvalue weighted by Gasteiger charge is 2.31. The lowest BCUT2D eigenvalue weighted by Crippen LogP contribution is -2.04. The van der Waals surface area contributed by atoms with Gasteiger partial charge in [-0.05, 0) is 13.0 Å². The van der Waals surface area contributed by atoms with E-state index >= 15 is 0 Å². The molecule has 0 N–H and O–H groups in total. The van der Waals surface area contributed by atoms with Crippen molar-refractivity contribution < 1.29 is 18.1 Å². The Kier molecular flexibility index (Phi) is 2.58. The van der Waals surface area contributed by atoms with Crippen molar-refractivity contribution in [2.75, 3.05) is 6.61 Å². The SMILES string of the molecule is CCOC1=NS(=O)(=O)c2ccc([N+](=O)[O-])cc21. The third kappa shape index (κ3) is 1.86. The molecule has 0 spiro atoms. The van der Waals surface area contributed by atoms with E-state index < -0.39 is 14.9 Å². The van der Waals surface area contributed by atoms with Crippen LogP contribution in [0.3, 0.4) is 0 Å². The molecule has 2 rings (SSSR count). The van der Waals surface area contributed by atoms with Gasteiger partial charge in [0.15, 0.2) is 0 Å². The molecular weight excluding hydrogens is 248 g/mol. The van der Waals surface area contributed by atoms with Gasteiger partial charge in [-0.3, -0.25) is 10.1 Å². The summed E-state index contributed by atoms with van der Waals surface area (Å²) < 4.78 is 31.6. The van der Waals surface area contributed by atoms with Crippen LogP contribution < -0.4 is 0 Å². The fourth-order valence-electron chi connectivity index (χ4n) is 1.47. The minimum atomic E-state index is -3.78. The molecule has 0 radical (unpaired) electrons. The molecule has 0 saturated heterocycles. The van der Waals surface area contributed by atoms with Crippen molar-refractivity contribution >= 4 is 21.6 Å². The second-order valence-corrected chi connectivity index (χ2v) is 4.81. The van der Waals surface area contributed by atoms with Crippen LogP contribution in [-0.2, 0) is 14.8 Å². The molecule has 0 bridgehead atoms. The van der Waals surface area contributed by atoms with E-state index in [0.29, 0.717) is 0 Å². The number of hydrogen-bond donors (Lipinski definition) is 0. The number of sulfonamides is 1. The van der Waals surface area contributed by atoms with Crippen LogP contribution in [0, 0.1) is 10.1 Å². The number of nitro benzene ring substituents is 1. The monoisotopic (exact) mass is 256 g/mol. The van der Waals surface area contributed by atoms with E-state index in [-0.39, 0.29) is 28.7 Å². The van der Waals surface area contributed by atoms with Crippen LogP contribution in [0.1, 0.15) is 12.5 Å². The summed E-state index contributed by atoms with van der Waals surface area (Å²) >= 11 is 0. The maximum atomic E-state index is 11.6. The Morgan fingerprint density at radius 2 is 2.18 bits per heavy atom. The van der Waals surface area contributed by atoms with Crippen molar-refractivity contribution in [1.82, 2.24) is 0 Å². The molecule has 7 nitrogen and oxygen atoms in total. The van der Waals surface area contributed by atoms with Gasteiger partial charge in [0.2, 0.25) is 5.90 Å². The van der Waals surface area contributed by atoms with Gasteiger partial charge in [0.25, 0.3) is 15.7 Å². The maximum Gasteiger partial charge on any atom is 0.286 e. The highest BCUT2D eigenvalue weighted by atomic mass is 32.2. The summed E-state index contributed by atoms with van der Waals surface area (Å²) in [6.07, 6.45) is 0. The lowest BCUT2D eigenvalue weighted by atomic mass is 10.2. The Bertz CT molecular complexity index is 620. The quantitative estimate of drug-likeness (QED) is 0.582. The van der Waals surface area contributed by atoms with Gasteiger partial charge in [-0.2, -0.15) is 8.42 Å². The van der Waals surface area contributed by atoms with E-state index in [1.54, 1.807) is 6.92 Å². The van der Waals surface area contributed by atoms with Crippen LogP contribution in [-0.4, -0.2) is 25.8 Å². The van der Waals surface area contributed by atoms with Gasteiger partial charge >= 0.3 is 0 Å². The summed E-state index contributed by atoms with van der Waals surface area (Å²) in [4.78, 5) is 9.94. The summed E-state index contributed by atoms with van der Waals surface area (Å²) in [6.45, 7) is 1.90. The maximum absolute atomic E-state index is 11.6. The molecule has 0 unspecified atom stereocenters. The van der Waals surface area contributed by atoms with E-state index in [0.717, 1.165) is 12.1 Å². The number of fused-ring (bicyclic) bond motifs is 1. The van der Waals surface area contributed by atoms with E-state index in [4.69, 9.17) is 4.74 Å². The normalized spacial score (nSPS) is 16.2. The van der Waals surface area contributed by atoms with E-state index in [2.05, 4.69) is 4.40 Å². The molecule has 90 valence electrons. The predicted molar refractivity (Wildman–Crippen MR) is 58.4 cm³/mol. The van der Waals surface area contributed by atoms with Gasteiger partial charge in [-0.25, -0.2) is 0 Å². The minimum absolute atomic E-state index is 0.0634. The topological polar surface area (TPSA) is 98.9 Å². The molecule has 0 saturated carbocycles. The third-order valence-electron chi connectivity index (χ3n) is 2.17. The Labute approximate surface area is 96.9 Å². The van der Waals surface area contributed by atoms with Gasteiger partial charge < -0.3 is 4.74 Å². The second-order valence-electron chi connectivity index (χ2n) is 3.24. The van der Waals surface area contributed by atoms with Gasteiger partial charge in [0.1, 0.15) is 4.90 Å². The van der Waals surface area contributed by atoms with Gasteiger partial charge in [0.05, 0.1) is 17.1 Å². The predicted octanol–water partition coefficient (Wildman–Crippen LogP) is 1.08. The smallest absolute Gasteiger partial charge is 0.286 e. The first-order chi connectivity index (χ1) is 7.95. The Balaban J connectivity index is 2.62. The molecule has 1 heterocycles. The average molecular weight is 256 g/mol. The highest BCUT2D eigenvalue weighted by molar-refractivity contribution is 7.90. The molecule has 0 amide bonds. The summed E-state index contributed by atoms with van der Waals surface area (Å²) in [5, 5.41) is 10.6. The Hall–Kier alpha value is -1.96. The summed E-state index contributed by atoms with van der Waals surface area (Å²) in [5.41, 5.74) is -0.0608. The lowest BCUT2D eigenvalue weighted by Gasteiger charge is -2.01. The number of nitro groups is 1. The zero-order chi connectivity index (χ0) is 12.6. The van der Waals surface area contributed by atoms with Crippen LogP contribution in [0.4, 0.5) is 5.69 Å². The van der Waals surface area contributed by atoms with Gasteiger partial charge in [-0.15, -0.1) is 4.40 Å². The fourth-order valence-corrected chi connectivity index (χ4v) is 2.60. The largest absolute Gasteiger partial charge is 0.477 e. The Morgan fingerprint density at radius 1 is 1.47 bits per heavy atom. The lowest BCUT2D eigenvalue weighted by molar-refractivity contribution is -0.384. The van der Waals surface area contributed by atoms with Crippen LogP contribution in [0.2, 0.25) is 0 Å². The number of nitrogens with zero attached hydrogens (tertiary/aromatic N) is 2. The fraction of sp³-hybridized carbons (Fsp3) is 0.222. The molecule has 0 aromatic heterocycles. The van der Waals surface area contributed by atoms with Crippen LogP contribution in [0.25, 0.3) is 0 Å². The van der Waals surface area contributed by atoms with Gasteiger partial charge in [0, 0.05) is 12.1 Å². The van der Waals surface area contributed by atoms with E-state index in [1.807, 2.05) is 0 Å². The molecule has 1 aliphatic rings. The summed E-state index contributed by atoms with van der Waals surface area (Å²) in [6, 6.07) is 3.44. The molecule has 0 fully saturated rings. The highest BCUT2D eigenvalue weighted by Crippen LogP contribution is 2.29. The van der Waals surface area contributed by atoms with Crippen molar-refractivity contribution in [3.8, 4) is 0 Å². The van der Waals surface area contributed by atoms with Gasteiger partial charge in [-0.1, -0.05) is 0 Å². The zero-order valence-electron chi connectivity index (χ0n) is 8.78. The van der Waals surface area contributed by atoms with E-state index in [9.17, 15) is 18.5 Å². The number of benzene rings is 1. The van der Waals surface area contributed by atoms with Crippen molar-refractivity contribution in [1.29, 1.82) is 0 Å². The number of rotatable bonds is 2. The number of non-ortho nitro benzene ring substituents is 1. The molecule has 1 aliphatic heterocycles. The molecule has 8 heteroatoms. The van der Waals surface area contributed by atoms with Crippen LogP contribution in [0.5, 0.6) is 0 Å². The minimum Gasteiger partial charge on any atom is -0.477 e. The number of ether oxygens (including phenoxy) is 1. The number of hydrogen-bond acceptors (Lipinski definition) is 5. The first-order valence-corrected chi connectivity index (χ1v) is 6.16.